The summed E-state index contributed by atoms with van der Waals surface area (Å²) in [5, 5.41) is 3.12. The van der Waals surface area contributed by atoms with Gasteiger partial charge in [0.2, 0.25) is 5.91 Å². The average Bonchev–Trinajstić information content (AvgIpc) is 2.73. The fourth-order valence-corrected chi connectivity index (χ4v) is 3.96. The smallest absolute Gasteiger partial charge is 0.226 e. The summed E-state index contributed by atoms with van der Waals surface area (Å²) in [5.74, 6) is -1.65. The molecule has 0 aromatic heterocycles. The number of amides is 1. The average molecular weight is 417 g/mol. The molecule has 1 aliphatic rings. The minimum absolute atomic E-state index is 0.0720. The normalized spacial score (nSPS) is 15.9. The summed E-state index contributed by atoms with van der Waals surface area (Å²) in [5.41, 5.74) is 1.91. The van der Waals surface area contributed by atoms with Gasteiger partial charge in [-0.05, 0) is 75.1 Å². The van der Waals surface area contributed by atoms with Crippen molar-refractivity contribution in [1.29, 1.82) is 0 Å². The zero-order valence-corrected chi connectivity index (χ0v) is 17.7. The van der Waals surface area contributed by atoms with Crippen molar-refractivity contribution >= 4 is 5.91 Å². The Kier molecular flexibility index (Phi) is 7.56. The van der Waals surface area contributed by atoms with Crippen LogP contribution < -0.4 is 5.32 Å². The molecular weight excluding hydrogens is 386 g/mol. The molecule has 0 radical (unpaired) electrons. The van der Waals surface area contributed by atoms with Crippen LogP contribution in [0.15, 0.2) is 42.5 Å². The van der Waals surface area contributed by atoms with Crippen LogP contribution in [0.1, 0.15) is 24.8 Å². The van der Waals surface area contributed by atoms with Gasteiger partial charge in [0, 0.05) is 19.8 Å². The fourth-order valence-electron chi connectivity index (χ4n) is 3.96. The number of ether oxygens (including phenoxy) is 1. The highest BCUT2D eigenvalue weighted by atomic mass is 19.2. The molecule has 1 saturated heterocycles. The number of rotatable bonds is 8. The van der Waals surface area contributed by atoms with Crippen molar-refractivity contribution in [2.45, 2.75) is 25.7 Å². The number of hydrogen-bond acceptors (Lipinski definition) is 3. The van der Waals surface area contributed by atoms with E-state index < -0.39 is 17.0 Å². The maximum Gasteiger partial charge on any atom is 0.226 e. The van der Waals surface area contributed by atoms with Gasteiger partial charge in [0.1, 0.15) is 0 Å². The van der Waals surface area contributed by atoms with Gasteiger partial charge in [-0.25, -0.2) is 8.78 Å². The van der Waals surface area contributed by atoms with Crippen molar-refractivity contribution in [3.05, 3.63) is 59.7 Å². The van der Waals surface area contributed by atoms with Crippen molar-refractivity contribution in [3.63, 3.8) is 0 Å². The monoisotopic (exact) mass is 416 g/mol. The van der Waals surface area contributed by atoms with E-state index in [9.17, 15) is 13.6 Å². The van der Waals surface area contributed by atoms with E-state index in [-0.39, 0.29) is 5.91 Å². The van der Waals surface area contributed by atoms with E-state index in [0.717, 1.165) is 30.2 Å². The molecular formula is C24H30F2N2O2. The largest absolute Gasteiger partial charge is 0.381 e. The second-order valence-electron chi connectivity index (χ2n) is 8.31. The van der Waals surface area contributed by atoms with E-state index in [1.807, 2.05) is 38.4 Å². The Labute approximate surface area is 177 Å². The zero-order chi connectivity index (χ0) is 21.6. The Bertz CT molecular complexity index is 864. The van der Waals surface area contributed by atoms with Gasteiger partial charge in [-0.15, -0.1) is 0 Å². The Morgan fingerprint density at radius 3 is 2.50 bits per heavy atom. The molecule has 6 heteroatoms. The summed E-state index contributed by atoms with van der Waals surface area (Å²) in [6.45, 7) is 2.70. The van der Waals surface area contributed by atoms with Gasteiger partial charge in [-0.2, -0.15) is 0 Å². The lowest BCUT2D eigenvalue weighted by Gasteiger charge is -2.36. The first kappa shape index (κ1) is 22.4. The lowest BCUT2D eigenvalue weighted by molar-refractivity contribution is -0.136. The van der Waals surface area contributed by atoms with Crippen LogP contribution >= 0.6 is 0 Å². The molecule has 162 valence electrons. The molecule has 0 saturated carbocycles. The third-order valence-corrected chi connectivity index (χ3v) is 5.72. The Balaban J connectivity index is 1.76. The van der Waals surface area contributed by atoms with Crippen LogP contribution in [0.2, 0.25) is 0 Å². The van der Waals surface area contributed by atoms with Crippen LogP contribution in [0.3, 0.4) is 0 Å². The summed E-state index contributed by atoms with van der Waals surface area (Å²) >= 11 is 0. The topological polar surface area (TPSA) is 41.6 Å². The standard InChI is InChI=1S/C24H30F2N2O2/c1-28(2)12-4-11-27-23(29)24(9-13-30-14-10-24)17-18-5-3-6-19(15-18)20-7-8-21(25)22(26)16-20/h3,5-8,15-16H,4,9-14,17H2,1-2H3,(H,27,29). The van der Waals surface area contributed by atoms with Crippen molar-refractivity contribution in [2.24, 2.45) is 5.41 Å². The van der Waals surface area contributed by atoms with E-state index in [1.54, 1.807) is 6.07 Å². The molecule has 1 heterocycles. The van der Waals surface area contributed by atoms with Crippen LogP contribution in [-0.4, -0.2) is 51.2 Å². The number of benzene rings is 2. The minimum atomic E-state index is -0.865. The SMILES string of the molecule is CN(C)CCCNC(=O)C1(Cc2cccc(-c3ccc(F)c(F)c3)c2)CCOCC1. The predicted octanol–water partition coefficient (Wildman–Crippen LogP) is 4.04. The van der Waals surface area contributed by atoms with Crippen LogP contribution in [0, 0.1) is 17.0 Å². The van der Waals surface area contributed by atoms with Gasteiger partial charge >= 0.3 is 0 Å². The maximum absolute atomic E-state index is 13.7. The first-order chi connectivity index (χ1) is 14.4. The van der Waals surface area contributed by atoms with Gasteiger partial charge < -0.3 is 15.0 Å². The third kappa shape index (κ3) is 5.64. The number of nitrogens with one attached hydrogen (secondary N) is 1. The lowest BCUT2D eigenvalue weighted by atomic mass is 9.74. The molecule has 0 aliphatic carbocycles. The molecule has 30 heavy (non-hydrogen) atoms. The molecule has 0 bridgehead atoms. The summed E-state index contributed by atoms with van der Waals surface area (Å²) in [4.78, 5) is 15.2. The first-order valence-electron chi connectivity index (χ1n) is 10.4. The molecule has 1 amide bonds. The quantitative estimate of drug-likeness (QED) is 0.661. The molecule has 1 fully saturated rings. The number of carbonyl (C=O) groups is 1. The highest BCUT2D eigenvalue weighted by Gasteiger charge is 2.39. The van der Waals surface area contributed by atoms with Gasteiger partial charge in [0.05, 0.1) is 5.41 Å². The van der Waals surface area contributed by atoms with Crippen molar-refractivity contribution < 1.29 is 18.3 Å². The van der Waals surface area contributed by atoms with Gasteiger partial charge in [-0.3, -0.25) is 4.79 Å². The number of hydrogen-bond donors (Lipinski definition) is 1. The van der Waals surface area contributed by atoms with E-state index in [2.05, 4.69) is 10.2 Å². The summed E-state index contributed by atoms with van der Waals surface area (Å²) < 4.78 is 32.5. The van der Waals surface area contributed by atoms with E-state index >= 15 is 0 Å². The molecule has 1 N–H and O–H groups in total. The number of halogens is 2. The van der Waals surface area contributed by atoms with Crippen molar-refractivity contribution in [1.82, 2.24) is 10.2 Å². The van der Waals surface area contributed by atoms with Crippen LogP contribution in [0.4, 0.5) is 8.78 Å². The number of carbonyl (C=O) groups excluding carboxylic acids is 1. The van der Waals surface area contributed by atoms with E-state index in [4.69, 9.17) is 4.74 Å². The molecule has 2 aromatic carbocycles. The van der Waals surface area contributed by atoms with Gasteiger partial charge in [-0.1, -0.05) is 30.3 Å². The molecule has 0 unspecified atom stereocenters. The van der Waals surface area contributed by atoms with Crippen LogP contribution in [-0.2, 0) is 16.0 Å². The maximum atomic E-state index is 13.7. The Morgan fingerprint density at radius 2 is 1.80 bits per heavy atom. The minimum Gasteiger partial charge on any atom is -0.381 e. The van der Waals surface area contributed by atoms with Gasteiger partial charge in [0.15, 0.2) is 11.6 Å². The second kappa shape index (κ2) is 10.1. The van der Waals surface area contributed by atoms with E-state index in [1.165, 1.54) is 6.07 Å². The fraction of sp³-hybridized carbons (Fsp3) is 0.458. The molecule has 4 nitrogen and oxygen atoms in total. The lowest BCUT2D eigenvalue weighted by Crippen LogP contribution is -2.46. The molecule has 3 rings (SSSR count). The Morgan fingerprint density at radius 1 is 1.07 bits per heavy atom. The zero-order valence-electron chi connectivity index (χ0n) is 17.7. The highest BCUT2D eigenvalue weighted by molar-refractivity contribution is 5.83. The second-order valence-corrected chi connectivity index (χ2v) is 8.31. The Hall–Kier alpha value is -2.31. The van der Waals surface area contributed by atoms with Crippen molar-refractivity contribution in [2.75, 3.05) is 40.4 Å². The van der Waals surface area contributed by atoms with Crippen molar-refractivity contribution in [3.8, 4) is 11.1 Å². The summed E-state index contributed by atoms with van der Waals surface area (Å²) in [6.07, 6.45) is 2.83. The van der Waals surface area contributed by atoms with E-state index in [0.29, 0.717) is 44.6 Å². The van der Waals surface area contributed by atoms with Crippen LogP contribution in [0.5, 0.6) is 0 Å². The molecule has 0 atom stereocenters. The summed E-state index contributed by atoms with van der Waals surface area (Å²) in [6, 6.07) is 11.6. The first-order valence-corrected chi connectivity index (χ1v) is 10.4. The third-order valence-electron chi connectivity index (χ3n) is 5.72. The number of nitrogens with zero attached hydrogens (tertiary/aromatic N) is 1. The molecule has 0 spiro atoms. The predicted molar refractivity (Wildman–Crippen MR) is 114 cm³/mol. The molecule has 2 aromatic rings. The molecule has 1 aliphatic heterocycles. The summed E-state index contributed by atoms with van der Waals surface area (Å²) in [7, 11) is 4.03. The van der Waals surface area contributed by atoms with Crippen LogP contribution in [0.25, 0.3) is 11.1 Å². The van der Waals surface area contributed by atoms with Gasteiger partial charge in [0.25, 0.3) is 0 Å². The highest BCUT2D eigenvalue weighted by Crippen LogP contribution is 2.36.